The molecule has 2 aromatic heterocycles. The summed E-state index contributed by atoms with van der Waals surface area (Å²) in [5.74, 6) is -2.20. The molecule has 1 N–H and O–H groups in total. The molecule has 0 saturated heterocycles. The molecule has 0 bridgehead atoms. The largest absolute Gasteiger partial charge is 0.494 e. The van der Waals surface area contributed by atoms with Gasteiger partial charge in [-0.1, -0.05) is 0 Å². The lowest BCUT2D eigenvalue weighted by Gasteiger charge is -2.07. The molecule has 3 rings (SSSR count). The van der Waals surface area contributed by atoms with Crippen molar-refractivity contribution in [2.75, 3.05) is 7.11 Å². The topological polar surface area (TPSA) is 92.3 Å². The number of hydrogen-bond acceptors (Lipinski definition) is 5. The van der Waals surface area contributed by atoms with Crippen molar-refractivity contribution in [2.24, 2.45) is 0 Å². The fraction of sp³-hybridized carbons (Fsp3) is 0.167. The summed E-state index contributed by atoms with van der Waals surface area (Å²) in [6, 6.07) is 5.97. The minimum absolute atomic E-state index is 0.0314. The van der Waals surface area contributed by atoms with Crippen molar-refractivity contribution < 1.29 is 23.8 Å². The van der Waals surface area contributed by atoms with E-state index in [1.165, 1.54) is 23.8 Å². The van der Waals surface area contributed by atoms with Crippen molar-refractivity contribution in [1.82, 2.24) is 4.57 Å². The number of aromatic nitrogens is 1. The second-order valence-electron chi connectivity index (χ2n) is 5.59. The maximum atomic E-state index is 14.2. The fourth-order valence-electron chi connectivity index (χ4n) is 2.91. The number of carboxylic acids is 1. The van der Waals surface area contributed by atoms with Gasteiger partial charge in [-0.15, -0.1) is 11.3 Å². The summed E-state index contributed by atoms with van der Waals surface area (Å²) in [5.41, 5.74) is 1.36. The van der Waals surface area contributed by atoms with E-state index in [1.54, 1.807) is 12.3 Å². The molecule has 0 saturated carbocycles. The number of nitriles is 1. The zero-order valence-electron chi connectivity index (χ0n) is 13.9. The molecule has 2 heterocycles. The first-order valence-corrected chi connectivity index (χ1v) is 8.37. The lowest BCUT2D eigenvalue weighted by molar-refractivity contribution is -0.136. The summed E-state index contributed by atoms with van der Waals surface area (Å²) < 4.78 is 20.5. The second-order valence-corrected chi connectivity index (χ2v) is 6.50. The SMILES string of the molecule is COc1cc2c(CC(=O)O)c(C)n(C(=O)c3csc(C#N)c3)c2cc1F. The molecule has 8 heteroatoms. The number of carbonyl (C=O) groups excluding carboxylic acids is 1. The zero-order chi connectivity index (χ0) is 19.0. The van der Waals surface area contributed by atoms with Crippen LogP contribution in [-0.4, -0.2) is 28.7 Å². The number of halogens is 1. The van der Waals surface area contributed by atoms with Gasteiger partial charge in [0.15, 0.2) is 11.6 Å². The van der Waals surface area contributed by atoms with Gasteiger partial charge in [-0.3, -0.25) is 14.2 Å². The third-order valence-corrected chi connectivity index (χ3v) is 4.93. The third-order valence-electron chi connectivity index (χ3n) is 4.10. The summed E-state index contributed by atoms with van der Waals surface area (Å²) in [5, 5.41) is 20.1. The van der Waals surface area contributed by atoms with Crippen LogP contribution in [0.15, 0.2) is 23.6 Å². The summed E-state index contributed by atoms with van der Waals surface area (Å²) in [6.07, 6.45) is -0.315. The quantitative estimate of drug-likeness (QED) is 0.758. The van der Waals surface area contributed by atoms with E-state index in [4.69, 9.17) is 10.00 Å². The Labute approximate surface area is 151 Å². The molecule has 0 aliphatic carbocycles. The highest BCUT2D eigenvalue weighted by Gasteiger charge is 2.23. The molecule has 0 fully saturated rings. The van der Waals surface area contributed by atoms with E-state index in [2.05, 4.69) is 0 Å². The molecule has 0 spiro atoms. The van der Waals surface area contributed by atoms with Crippen LogP contribution in [0.1, 0.15) is 26.5 Å². The van der Waals surface area contributed by atoms with Crippen molar-refractivity contribution >= 4 is 34.1 Å². The number of aliphatic carboxylic acids is 1. The molecule has 1 aromatic carbocycles. The summed E-state index contributed by atoms with van der Waals surface area (Å²) >= 11 is 1.13. The minimum Gasteiger partial charge on any atom is -0.494 e. The first-order valence-electron chi connectivity index (χ1n) is 7.50. The number of hydrogen-bond donors (Lipinski definition) is 1. The van der Waals surface area contributed by atoms with Gasteiger partial charge >= 0.3 is 5.97 Å². The molecule has 0 radical (unpaired) electrons. The van der Waals surface area contributed by atoms with Gasteiger partial charge in [-0.25, -0.2) is 4.39 Å². The van der Waals surface area contributed by atoms with E-state index in [0.29, 0.717) is 21.5 Å². The normalized spacial score (nSPS) is 10.7. The van der Waals surface area contributed by atoms with Crippen LogP contribution in [0.25, 0.3) is 10.9 Å². The molecule has 0 atom stereocenters. The standard InChI is InChI=1S/C18H13FN2O4S/c1-9-12(5-17(22)23)13-4-16(25-2)14(19)6-15(13)21(9)18(24)10-3-11(7-20)26-8-10/h3-4,6,8H,5H2,1-2H3,(H,22,23). The number of rotatable bonds is 4. The van der Waals surface area contributed by atoms with E-state index < -0.39 is 17.7 Å². The van der Waals surface area contributed by atoms with Crippen LogP contribution >= 0.6 is 11.3 Å². The first kappa shape index (κ1) is 17.6. The Balaban J connectivity index is 2.28. The van der Waals surface area contributed by atoms with Gasteiger partial charge in [0.05, 0.1) is 24.6 Å². The van der Waals surface area contributed by atoms with Gasteiger partial charge in [0.2, 0.25) is 0 Å². The molecule has 132 valence electrons. The lowest BCUT2D eigenvalue weighted by Crippen LogP contribution is -2.13. The van der Waals surface area contributed by atoms with Crippen LogP contribution < -0.4 is 4.74 Å². The number of methoxy groups -OCH3 is 1. The van der Waals surface area contributed by atoms with Gasteiger partial charge in [0.1, 0.15) is 10.9 Å². The highest BCUT2D eigenvalue weighted by atomic mass is 32.1. The molecule has 3 aromatic rings. The Morgan fingerprint density at radius 3 is 2.69 bits per heavy atom. The van der Waals surface area contributed by atoms with Crippen LogP contribution in [-0.2, 0) is 11.2 Å². The number of benzene rings is 1. The Morgan fingerprint density at radius 2 is 2.12 bits per heavy atom. The van der Waals surface area contributed by atoms with Crippen LogP contribution in [0.4, 0.5) is 4.39 Å². The Kier molecular flexibility index (Phi) is 4.49. The average Bonchev–Trinajstić information content (AvgIpc) is 3.17. The second kappa shape index (κ2) is 6.61. The number of carbonyl (C=O) groups is 2. The summed E-state index contributed by atoms with van der Waals surface area (Å²) in [7, 11) is 1.31. The van der Waals surface area contributed by atoms with Crippen molar-refractivity contribution in [1.29, 1.82) is 5.26 Å². The lowest BCUT2D eigenvalue weighted by atomic mass is 10.1. The Hall–Kier alpha value is -3.18. The summed E-state index contributed by atoms with van der Waals surface area (Å²) in [6.45, 7) is 1.61. The van der Waals surface area contributed by atoms with Crippen LogP contribution in [0.3, 0.4) is 0 Å². The van der Waals surface area contributed by atoms with Crippen molar-refractivity contribution in [3.8, 4) is 11.8 Å². The smallest absolute Gasteiger partial charge is 0.307 e. The van der Waals surface area contributed by atoms with Crippen molar-refractivity contribution in [3.05, 3.63) is 51.1 Å². The van der Waals surface area contributed by atoms with E-state index in [1.807, 2.05) is 6.07 Å². The zero-order valence-corrected chi connectivity index (χ0v) is 14.7. The van der Waals surface area contributed by atoms with Crippen LogP contribution in [0.5, 0.6) is 5.75 Å². The molecule has 0 amide bonds. The summed E-state index contributed by atoms with van der Waals surface area (Å²) in [4.78, 5) is 24.6. The maximum absolute atomic E-state index is 14.2. The van der Waals surface area contributed by atoms with E-state index in [9.17, 15) is 19.1 Å². The van der Waals surface area contributed by atoms with Gasteiger partial charge in [-0.05, 0) is 24.6 Å². The molecular formula is C18H13FN2O4S. The van der Waals surface area contributed by atoms with Crippen molar-refractivity contribution in [2.45, 2.75) is 13.3 Å². The minimum atomic E-state index is -1.06. The number of nitrogens with zero attached hydrogens (tertiary/aromatic N) is 2. The van der Waals surface area contributed by atoms with Crippen LogP contribution in [0.2, 0.25) is 0 Å². The van der Waals surface area contributed by atoms with Gasteiger partial charge in [0.25, 0.3) is 5.91 Å². The molecule has 0 aliphatic rings. The van der Waals surface area contributed by atoms with Crippen LogP contribution in [0, 0.1) is 24.1 Å². The average molecular weight is 372 g/mol. The highest BCUT2D eigenvalue weighted by Crippen LogP contribution is 2.33. The third kappa shape index (κ3) is 2.82. The predicted octanol–water partition coefficient (Wildman–Crippen LogP) is 3.35. The molecule has 6 nitrogen and oxygen atoms in total. The monoisotopic (exact) mass is 372 g/mol. The van der Waals surface area contributed by atoms with Crippen molar-refractivity contribution in [3.63, 3.8) is 0 Å². The molecular weight excluding hydrogens is 359 g/mol. The number of thiophene rings is 1. The van der Waals surface area contributed by atoms with Gasteiger partial charge in [0, 0.05) is 22.5 Å². The fourth-order valence-corrected chi connectivity index (χ4v) is 3.58. The van der Waals surface area contributed by atoms with E-state index in [-0.39, 0.29) is 23.3 Å². The Bertz CT molecular complexity index is 1090. The highest BCUT2D eigenvalue weighted by molar-refractivity contribution is 7.10. The predicted molar refractivity (Wildman–Crippen MR) is 93.3 cm³/mol. The maximum Gasteiger partial charge on any atom is 0.307 e. The van der Waals surface area contributed by atoms with E-state index in [0.717, 1.165) is 17.4 Å². The molecule has 26 heavy (non-hydrogen) atoms. The number of fused-ring (bicyclic) bond motifs is 1. The number of ether oxygens (including phenoxy) is 1. The van der Waals surface area contributed by atoms with Gasteiger partial charge < -0.3 is 9.84 Å². The number of carboxylic acid groups (broad SMARTS) is 1. The molecule has 0 aliphatic heterocycles. The van der Waals surface area contributed by atoms with Gasteiger partial charge in [-0.2, -0.15) is 5.26 Å². The van der Waals surface area contributed by atoms with E-state index >= 15 is 0 Å². The Morgan fingerprint density at radius 1 is 1.38 bits per heavy atom. The molecule has 0 unspecified atom stereocenters. The first-order chi connectivity index (χ1) is 12.4.